The first-order chi connectivity index (χ1) is 8.13. The highest BCUT2D eigenvalue weighted by atomic mass is 35.5. The van der Waals surface area contributed by atoms with E-state index in [1.165, 1.54) is 16.7 Å². The van der Waals surface area contributed by atoms with Gasteiger partial charge in [-0.3, -0.25) is 0 Å². The van der Waals surface area contributed by atoms with Gasteiger partial charge < -0.3 is 0 Å². The quantitative estimate of drug-likeness (QED) is 0.673. The SMILES string of the molecule is C=Cc1ccc(Cl)c(-c2c(C)cccc2C)c1. The van der Waals surface area contributed by atoms with E-state index >= 15 is 0 Å². The fourth-order valence-electron chi connectivity index (χ4n) is 2.10. The van der Waals surface area contributed by atoms with E-state index in [2.05, 4.69) is 44.7 Å². The molecule has 0 aromatic heterocycles. The minimum atomic E-state index is 0.785. The molecule has 0 fully saturated rings. The lowest BCUT2D eigenvalue weighted by Crippen LogP contribution is -1.89. The van der Waals surface area contributed by atoms with Crippen LogP contribution in [0.5, 0.6) is 0 Å². The molecule has 17 heavy (non-hydrogen) atoms. The Hall–Kier alpha value is -1.53. The topological polar surface area (TPSA) is 0 Å². The molecule has 0 saturated carbocycles. The third-order valence-electron chi connectivity index (χ3n) is 2.98. The maximum Gasteiger partial charge on any atom is 0.0485 e. The normalized spacial score (nSPS) is 10.3. The number of hydrogen-bond donors (Lipinski definition) is 0. The monoisotopic (exact) mass is 242 g/mol. The first-order valence-corrected chi connectivity index (χ1v) is 6.00. The first kappa shape index (κ1) is 11.9. The van der Waals surface area contributed by atoms with Gasteiger partial charge in [-0.2, -0.15) is 0 Å². The molecule has 0 aliphatic heterocycles. The highest BCUT2D eigenvalue weighted by Gasteiger charge is 2.09. The molecule has 1 heteroatoms. The lowest BCUT2D eigenvalue weighted by atomic mass is 9.94. The molecule has 0 unspecified atom stereocenters. The summed E-state index contributed by atoms with van der Waals surface area (Å²) in [6.45, 7) is 8.02. The Morgan fingerprint density at radius 2 is 1.71 bits per heavy atom. The van der Waals surface area contributed by atoms with Crippen LogP contribution in [0.2, 0.25) is 5.02 Å². The Bertz CT molecular complexity index is 547. The molecule has 0 atom stereocenters. The van der Waals surface area contributed by atoms with Crippen LogP contribution in [0.3, 0.4) is 0 Å². The Morgan fingerprint density at radius 1 is 1.06 bits per heavy atom. The van der Waals surface area contributed by atoms with Gasteiger partial charge in [-0.15, -0.1) is 0 Å². The van der Waals surface area contributed by atoms with E-state index in [9.17, 15) is 0 Å². The summed E-state index contributed by atoms with van der Waals surface area (Å²) in [4.78, 5) is 0. The van der Waals surface area contributed by atoms with E-state index in [0.717, 1.165) is 16.1 Å². The van der Waals surface area contributed by atoms with Crippen LogP contribution >= 0.6 is 11.6 Å². The molecule has 0 bridgehead atoms. The van der Waals surface area contributed by atoms with E-state index in [1.54, 1.807) is 0 Å². The summed E-state index contributed by atoms with van der Waals surface area (Å²) in [5.41, 5.74) is 5.88. The molecule has 0 saturated heterocycles. The molecule has 0 aliphatic rings. The van der Waals surface area contributed by atoms with Crippen molar-refractivity contribution in [3.8, 4) is 11.1 Å². The van der Waals surface area contributed by atoms with Crippen molar-refractivity contribution in [3.05, 3.63) is 64.7 Å². The van der Waals surface area contributed by atoms with Gasteiger partial charge in [0.25, 0.3) is 0 Å². The number of benzene rings is 2. The fourth-order valence-corrected chi connectivity index (χ4v) is 2.31. The third-order valence-corrected chi connectivity index (χ3v) is 3.31. The molecule has 0 N–H and O–H groups in total. The number of rotatable bonds is 2. The lowest BCUT2D eigenvalue weighted by Gasteiger charge is -2.12. The second-order valence-corrected chi connectivity index (χ2v) is 4.62. The summed E-state index contributed by atoms with van der Waals surface area (Å²) in [6.07, 6.45) is 1.84. The van der Waals surface area contributed by atoms with Gasteiger partial charge in [-0.25, -0.2) is 0 Å². The summed E-state index contributed by atoms with van der Waals surface area (Å²) < 4.78 is 0. The molecular formula is C16H15Cl. The zero-order valence-electron chi connectivity index (χ0n) is 10.1. The van der Waals surface area contributed by atoms with Crippen LogP contribution in [0.1, 0.15) is 16.7 Å². The second kappa shape index (κ2) is 4.77. The maximum absolute atomic E-state index is 6.30. The number of halogens is 1. The predicted octanol–water partition coefficient (Wildman–Crippen LogP) is 5.27. The van der Waals surface area contributed by atoms with Gasteiger partial charge in [0.15, 0.2) is 0 Å². The van der Waals surface area contributed by atoms with E-state index in [1.807, 2.05) is 18.2 Å². The molecule has 0 radical (unpaired) electrons. The summed E-state index contributed by atoms with van der Waals surface area (Å²) in [5.74, 6) is 0. The third kappa shape index (κ3) is 2.27. The summed E-state index contributed by atoms with van der Waals surface area (Å²) in [7, 11) is 0. The summed E-state index contributed by atoms with van der Waals surface area (Å²) in [6, 6.07) is 12.3. The van der Waals surface area contributed by atoms with Gasteiger partial charge in [-0.1, -0.05) is 48.5 Å². The van der Waals surface area contributed by atoms with Gasteiger partial charge in [0.2, 0.25) is 0 Å². The van der Waals surface area contributed by atoms with Crippen molar-refractivity contribution >= 4 is 17.7 Å². The molecule has 86 valence electrons. The van der Waals surface area contributed by atoms with Crippen LogP contribution in [0, 0.1) is 13.8 Å². The Balaban J connectivity index is 2.71. The largest absolute Gasteiger partial charge is 0.0985 e. The van der Waals surface area contributed by atoms with E-state index in [-0.39, 0.29) is 0 Å². The Morgan fingerprint density at radius 3 is 2.29 bits per heavy atom. The Kier molecular flexibility index (Phi) is 3.35. The molecular weight excluding hydrogens is 228 g/mol. The van der Waals surface area contributed by atoms with Crippen molar-refractivity contribution in [3.63, 3.8) is 0 Å². The van der Waals surface area contributed by atoms with Gasteiger partial charge in [0.1, 0.15) is 0 Å². The zero-order valence-corrected chi connectivity index (χ0v) is 10.9. The Labute approximate surface area is 108 Å². The number of aryl methyl sites for hydroxylation is 2. The minimum Gasteiger partial charge on any atom is -0.0985 e. The molecule has 0 amide bonds. The molecule has 0 aliphatic carbocycles. The standard InChI is InChI=1S/C16H15Cl/c1-4-13-8-9-15(17)14(10-13)16-11(2)6-5-7-12(16)3/h4-10H,1H2,2-3H3. The second-order valence-electron chi connectivity index (χ2n) is 4.21. The molecule has 2 aromatic carbocycles. The predicted molar refractivity (Wildman–Crippen MR) is 76.5 cm³/mol. The van der Waals surface area contributed by atoms with Crippen molar-refractivity contribution in [2.24, 2.45) is 0 Å². The highest BCUT2D eigenvalue weighted by molar-refractivity contribution is 6.33. The van der Waals surface area contributed by atoms with Crippen LogP contribution in [0.25, 0.3) is 17.2 Å². The smallest absolute Gasteiger partial charge is 0.0485 e. The fraction of sp³-hybridized carbons (Fsp3) is 0.125. The molecule has 0 heterocycles. The molecule has 0 nitrogen and oxygen atoms in total. The van der Waals surface area contributed by atoms with E-state index in [0.29, 0.717) is 0 Å². The van der Waals surface area contributed by atoms with Crippen molar-refractivity contribution in [2.45, 2.75) is 13.8 Å². The van der Waals surface area contributed by atoms with Crippen LogP contribution in [-0.2, 0) is 0 Å². The highest BCUT2D eigenvalue weighted by Crippen LogP contribution is 2.33. The van der Waals surface area contributed by atoms with Crippen LogP contribution in [0.4, 0.5) is 0 Å². The van der Waals surface area contributed by atoms with E-state index in [4.69, 9.17) is 11.6 Å². The first-order valence-electron chi connectivity index (χ1n) is 5.62. The lowest BCUT2D eigenvalue weighted by molar-refractivity contribution is 1.38. The average molecular weight is 243 g/mol. The van der Waals surface area contributed by atoms with Crippen LogP contribution in [0.15, 0.2) is 43.0 Å². The minimum absolute atomic E-state index is 0.785. The molecule has 0 spiro atoms. The van der Waals surface area contributed by atoms with E-state index < -0.39 is 0 Å². The van der Waals surface area contributed by atoms with Crippen molar-refractivity contribution in [2.75, 3.05) is 0 Å². The van der Waals surface area contributed by atoms with Gasteiger partial charge in [-0.05, 0) is 48.2 Å². The van der Waals surface area contributed by atoms with Crippen LogP contribution in [-0.4, -0.2) is 0 Å². The van der Waals surface area contributed by atoms with Crippen molar-refractivity contribution in [1.82, 2.24) is 0 Å². The van der Waals surface area contributed by atoms with Gasteiger partial charge >= 0.3 is 0 Å². The van der Waals surface area contributed by atoms with Gasteiger partial charge in [0.05, 0.1) is 0 Å². The molecule has 2 rings (SSSR count). The zero-order chi connectivity index (χ0) is 12.4. The van der Waals surface area contributed by atoms with Gasteiger partial charge in [0, 0.05) is 10.6 Å². The van der Waals surface area contributed by atoms with Crippen molar-refractivity contribution < 1.29 is 0 Å². The van der Waals surface area contributed by atoms with Crippen molar-refractivity contribution in [1.29, 1.82) is 0 Å². The summed E-state index contributed by atoms with van der Waals surface area (Å²) in [5, 5.41) is 0.785. The van der Waals surface area contributed by atoms with Crippen LogP contribution < -0.4 is 0 Å². The maximum atomic E-state index is 6.30. The number of hydrogen-bond acceptors (Lipinski definition) is 0. The average Bonchev–Trinajstić information content (AvgIpc) is 2.31. The summed E-state index contributed by atoms with van der Waals surface area (Å²) >= 11 is 6.30. The molecule has 2 aromatic rings.